The van der Waals surface area contributed by atoms with Crippen LogP contribution >= 0.6 is 0 Å². The minimum Gasteiger partial charge on any atom is -0.507 e. The third kappa shape index (κ3) is 4.12. The van der Waals surface area contributed by atoms with E-state index in [1.807, 2.05) is 29.8 Å². The van der Waals surface area contributed by atoms with Crippen LogP contribution < -0.4 is 0 Å². The minimum atomic E-state index is -0.787. The number of aliphatic hydroxyl groups excluding tert-OH is 1. The third-order valence-electron chi connectivity index (χ3n) is 5.43. The maximum atomic E-state index is 13.5. The fraction of sp³-hybridized carbons (Fsp3) is 0.208. The van der Waals surface area contributed by atoms with Crippen molar-refractivity contribution >= 4 is 17.4 Å². The number of aliphatic hydroxyl groups is 1. The van der Waals surface area contributed by atoms with Crippen LogP contribution in [0.3, 0.4) is 0 Å². The molecule has 1 aliphatic rings. The number of halogens is 1. The van der Waals surface area contributed by atoms with Crippen LogP contribution in [0.4, 0.5) is 4.39 Å². The second kappa shape index (κ2) is 8.55. The maximum absolute atomic E-state index is 13.5. The molecule has 158 valence electrons. The zero-order chi connectivity index (χ0) is 22.0. The summed E-state index contributed by atoms with van der Waals surface area (Å²) in [7, 11) is 0. The zero-order valence-corrected chi connectivity index (χ0v) is 17.0. The van der Waals surface area contributed by atoms with Gasteiger partial charge >= 0.3 is 0 Å². The zero-order valence-electron chi connectivity index (χ0n) is 17.0. The Kier molecular flexibility index (Phi) is 5.66. The number of hydrogen-bond acceptors (Lipinski definition) is 4. The average molecular weight is 419 g/mol. The van der Waals surface area contributed by atoms with E-state index in [1.54, 1.807) is 24.7 Å². The number of aromatic nitrogens is 2. The van der Waals surface area contributed by atoms with E-state index in [2.05, 4.69) is 4.98 Å². The molecule has 2 heterocycles. The molecule has 0 radical (unpaired) electrons. The summed E-state index contributed by atoms with van der Waals surface area (Å²) in [6, 6.07) is 11.9. The number of aryl methyl sites for hydroxylation is 2. The first-order chi connectivity index (χ1) is 15.0. The lowest BCUT2D eigenvalue weighted by atomic mass is 9.95. The molecule has 0 aliphatic carbocycles. The van der Waals surface area contributed by atoms with E-state index in [1.165, 1.54) is 29.2 Å². The Balaban J connectivity index is 1.72. The summed E-state index contributed by atoms with van der Waals surface area (Å²) in [4.78, 5) is 31.3. The van der Waals surface area contributed by atoms with Gasteiger partial charge in [0.25, 0.3) is 11.7 Å². The van der Waals surface area contributed by atoms with E-state index in [-0.39, 0.29) is 11.3 Å². The number of carbonyl (C=O) groups excluding carboxylic acids is 2. The normalized spacial score (nSPS) is 18.0. The standard InChI is InChI=1S/C24H22FN3O3/c1-16-3-5-18(6-4-16)22(29)20-21(17-7-9-19(25)10-8-17)28(24(31)23(20)30)13-2-12-27-14-11-26-15-27/h3-11,14-15,21,29H,2,12-13H2,1H3. The van der Waals surface area contributed by atoms with Crippen LogP contribution in [-0.2, 0) is 16.1 Å². The minimum absolute atomic E-state index is 0.0168. The van der Waals surface area contributed by atoms with Crippen LogP contribution in [0.15, 0.2) is 72.8 Å². The molecule has 1 unspecified atom stereocenters. The second-order valence-corrected chi connectivity index (χ2v) is 7.56. The van der Waals surface area contributed by atoms with Gasteiger partial charge in [-0.2, -0.15) is 0 Å². The molecule has 2 aromatic carbocycles. The number of likely N-dealkylation sites (tertiary alicyclic amines) is 1. The molecule has 0 spiro atoms. The largest absolute Gasteiger partial charge is 0.507 e. The molecule has 1 amide bonds. The molecule has 0 bridgehead atoms. The van der Waals surface area contributed by atoms with Crippen molar-refractivity contribution in [2.75, 3.05) is 6.54 Å². The first kappa shape index (κ1) is 20.5. The van der Waals surface area contributed by atoms with Crippen molar-refractivity contribution in [1.29, 1.82) is 0 Å². The summed E-state index contributed by atoms with van der Waals surface area (Å²) in [6.45, 7) is 2.84. The Hall–Kier alpha value is -3.74. The van der Waals surface area contributed by atoms with Crippen molar-refractivity contribution in [2.24, 2.45) is 0 Å². The molecule has 1 saturated heterocycles. The molecule has 1 N–H and O–H groups in total. The molecule has 1 fully saturated rings. The molecular formula is C24H22FN3O3. The van der Waals surface area contributed by atoms with Crippen LogP contribution in [0.2, 0.25) is 0 Å². The van der Waals surface area contributed by atoms with Gasteiger partial charge in [0.2, 0.25) is 0 Å². The van der Waals surface area contributed by atoms with Crippen LogP contribution in [0.25, 0.3) is 5.76 Å². The first-order valence-electron chi connectivity index (χ1n) is 10.0. The van der Waals surface area contributed by atoms with Gasteiger partial charge in [-0.1, -0.05) is 42.0 Å². The smallest absolute Gasteiger partial charge is 0.295 e. The average Bonchev–Trinajstić information content (AvgIpc) is 3.37. The quantitative estimate of drug-likeness (QED) is 0.374. The number of ketones is 1. The van der Waals surface area contributed by atoms with Gasteiger partial charge in [-0.25, -0.2) is 9.37 Å². The Bertz CT molecular complexity index is 1120. The summed E-state index contributed by atoms with van der Waals surface area (Å²) < 4.78 is 15.4. The number of hydrogen-bond donors (Lipinski definition) is 1. The number of rotatable bonds is 6. The van der Waals surface area contributed by atoms with Crippen LogP contribution in [-0.4, -0.2) is 37.8 Å². The number of benzene rings is 2. The highest BCUT2D eigenvalue weighted by molar-refractivity contribution is 6.46. The van der Waals surface area contributed by atoms with Gasteiger partial charge in [-0.15, -0.1) is 0 Å². The molecule has 1 aliphatic heterocycles. The molecule has 1 atom stereocenters. The third-order valence-corrected chi connectivity index (χ3v) is 5.43. The number of imidazole rings is 1. The lowest BCUT2D eigenvalue weighted by Crippen LogP contribution is -2.31. The van der Waals surface area contributed by atoms with Gasteiger partial charge in [0.1, 0.15) is 11.6 Å². The summed E-state index contributed by atoms with van der Waals surface area (Å²) in [5, 5.41) is 11.0. The van der Waals surface area contributed by atoms with E-state index < -0.39 is 23.5 Å². The van der Waals surface area contributed by atoms with Crippen molar-refractivity contribution in [3.63, 3.8) is 0 Å². The van der Waals surface area contributed by atoms with Crippen molar-refractivity contribution < 1.29 is 19.1 Å². The van der Waals surface area contributed by atoms with Gasteiger partial charge in [-0.05, 0) is 31.0 Å². The number of carbonyl (C=O) groups is 2. The lowest BCUT2D eigenvalue weighted by molar-refractivity contribution is -0.139. The fourth-order valence-electron chi connectivity index (χ4n) is 3.81. The highest BCUT2D eigenvalue weighted by Crippen LogP contribution is 2.39. The second-order valence-electron chi connectivity index (χ2n) is 7.56. The fourth-order valence-corrected chi connectivity index (χ4v) is 3.81. The molecule has 7 heteroatoms. The molecule has 3 aromatic rings. The molecule has 0 saturated carbocycles. The van der Waals surface area contributed by atoms with Crippen molar-refractivity contribution in [2.45, 2.75) is 25.9 Å². The van der Waals surface area contributed by atoms with Crippen molar-refractivity contribution in [3.05, 3.63) is 95.3 Å². The Morgan fingerprint density at radius 2 is 1.77 bits per heavy atom. The van der Waals surface area contributed by atoms with Gasteiger partial charge in [0.05, 0.1) is 17.9 Å². The van der Waals surface area contributed by atoms with Gasteiger partial charge in [0, 0.05) is 31.0 Å². The van der Waals surface area contributed by atoms with Crippen LogP contribution in [0, 0.1) is 12.7 Å². The van der Waals surface area contributed by atoms with Crippen LogP contribution in [0.1, 0.15) is 29.2 Å². The highest BCUT2D eigenvalue weighted by atomic mass is 19.1. The topological polar surface area (TPSA) is 75.4 Å². The van der Waals surface area contributed by atoms with E-state index in [0.29, 0.717) is 30.6 Å². The van der Waals surface area contributed by atoms with Crippen molar-refractivity contribution in [3.8, 4) is 0 Å². The Morgan fingerprint density at radius 3 is 2.42 bits per heavy atom. The van der Waals surface area contributed by atoms with Crippen LogP contribution in [0.5, 0.6) is 0 Å². The number of Topliss-reactive ketones (excluding diaryl/α,β-unsaturated/α-hetero) is 1. The SMILES string of the molecule is Cc1ccc(C(O)=C2C(=O)C(=O)N(CCCn3ccnc3)C2c2ccc(F)cc2)cc1. The summed E-state index contributed by atoms with van der Waals surface area (Å²) >= 11 is 0. The van der Waals surface area contributed by atoms with Gasteiger partial charge in [0.15, 0.2) is 0 Å². The molecule has 31 heavy (non-hydrogen) atoms. The Morgan fingerprint density at radius 1 is 1.06 bits per heavy atom. The number of nitrogens with zero attached hydrogens (tertiary/aromatic N) is 3. The predicted molar refractivity (Wildman–Crippen MR) is 113 cm³/mol. The van der Waals surface area contributed by atoms with Gasteiger partial charge < -0.3 is 14.6 Å². The summed E-state index contributed by atoms with van der Waals surface area (Å²) in [5.74, 6) is -2.06. The molecule has 4 rings (SSSR count). The van der Waals surface area contributed by atoms with E-state index in [9.17, 15) is 19.1 Å². The highest BCUT2D eigenvalue weighted by Gasteiger charge is 2.45. The lowest BCUT2D eigenvalue weighted by Gasteiger charge is -2.25. The van der Waals surface area contributed by atoms with Gasteiger partial charge in [-0.3, -0.25) is 9.59 Å². The van der Waals surface area contributed by atoms with E-state index >= 15 is 0 Å². The van der Waals surface area contributed by atoms with E-state index in [0.717, 1.165) is 5.56 Å². The summed E-state index contributed by atoms with van der Waals surface area (Å²) in [6.07, 6.45) is 5.77. The number of amides is 1. The molecule has 6 nitrogen and oxygen atoms in total. The first-order valence-corrected chi connectivity index (χ1v) is 10.0. The monoisotopic (exact) mass is 419 g/mol. The van der Waals surface area contributed by atoms with E-state index in [4.69, 9.17) is 0 Å². The molecule has 1 aromatic heterocycles. The maximum Gasteiger partial charge on any atom is 0.295 e. The Labute approximate surface area is 179 Å². The van der Waals surface area contributed by atoms with Crippen molar-refractivity contribution in [1.82, 2.24) is 14.5 Å². The summed E-state index contributed by atoms with van der Waals surface area (Å²) in [5.41, 5.74) is 2.04. The predicted octanol–water partition coefficient (Wildman–Crippen LogP) is 3.84. The molecular weight excluding hydrogens is 397 g/mol.